The number of nitrogens with zero attached hydrogens (tertiary/aromatic N) is 1. The number of likely N-dealkylation sites (tertiary alicyclic amines) is 1. The molecule has 2 heteroatoms. The second-order valence-corrected chi connectivity index (χ2v) is 6.17. The van der Waals surface area contributed by atoms with Crippen molar-refractivity contribution < 1.29 is 0 Å². The maximum Gasteiger partial charge on any atom is 0.0388 e. The largest absolute Gasteiger partial charge is 0.381 e. The van der Waals surface area contributed by atoms with Crippen molar-refractivity contribution in [3.05, 3.63) is 29.8 Å². The molecule has 0 aliphatic carbocycles. The fourth-order valence-corrected chi connectivity index (χ4v) is 2.90. The number of rotatable bonds is 5. The normalized spacial score (nSPS) is 20.7. The maximum absolute atomic E-state index is 3.68. The number of hydrogen-bond acceptors (Lipinski definition) is 2. The van der Waals surface area contributed by atoms with Crippen molar-refractivity contribution in [2.45, 2.75) is 46.1 Å². The molecule has 1 aromatic rings. The van der Waals surface area contributed by atoms with Crippen LogP contribution in [0.4, 0.5) is 5.69 Å². The van der Waals surface area contributed by atoms with Crippen LogP contribution in [0.25, 0.3) is 0 Å². The lowest BCUT2D eigenvalue weighted by Gasteiger charge is -2.32. The van der Waals surface area contributed by atoms with Crippen molar-refractivity contribution >= 4 is 5.69 Å². The number of hydrogen-bond donors (Lipinski definition) is 1. The first kappa shape index (κ1) is 14.4. The Morgan fingerprint density at radius 3 is 2.63 bits per heavy atom. The second kappa shape index (κ2) is 6.95. The third-order valence-electron chi connectivity index (χ3n) is 3.92. The summed E-state index contributed by atoms with van der Waals surface area (Å²) in [6.45, 7) is 10.4. The van der Waals surface area contributed by atoms with Crippen molar-refractivity contribution in [1.82, 2.24) is 4.90 Å². The smallest absolute Gasteiger partial charge is 0.0388 e. The Morgan fingerprint density at radius 2 is 2.00 bits per heavy atom. The Bertz CT molecular complexity index is 369. The van der Waals surface area contributed by atoms with Gasteiger partial charge in [0.25, 0.3) is 0 Å². The van der Waals surface area contributed by atoms with Gasteiger partial charge in [-0.25, -0.2) is 0 Å². The van der Waals surface area contributed by atoms with Crippen LogP contribution in [-0.2, 0) is 6.42 Å². The minimum atomic E-state index is 0.615. The minimum Gasteiger partial charge on any atom is -0.381 e. The summed E-state index contributed by atoms with van der Waals surface area (Å²) in [5.41, 5.74) is 2.72. The van der Waals surface area contributed by atoms with Gasteiger partial charge >= 0.3 is 0 Å². The van der Waals surface area contributed by atoms with Crippen LogP contribution >= 0.6 is 0 Å². The Balaban J connectivity index is 1.88. The first-order valence-electron chi connectivity index (χ1n) is 7.75. The highest BCUT2D eigenvalue weighted by atomic mass is 15.2. The lowest BCUT2D eigenvalue weighted by molar-refractivity contribution is 0.227. The van der Waals surface area contributed by atoms with Gasteiger partial charge in [-0.3, -0.25) is 0 Å². The molecule has 1 unspecified atom stereocenters. The molecule has 1 atom stereocenters. The van der Waals surface area contributed by atoms with Gasteiger partial charge in [-0.05, 0) is 56.0 Å². The van der Waals surface area contributed by atoms with E-state index in [1.807, 2.05) is 0 Å². The molecule has 19 heavy (non-hydrogen) atoms. The molecule has 1 aliphatic heterocycles. The average molecular weight is 260 g/mol. The third-order valence-corrected chi connectivity index (χ3v) is 3.92. The van der Waals surface area contributed by atoms with Gasteiger partial charge in [0.2, 0.25) is 0 Å². The zero-order valence-corrected chi connectivity index (χ0v) is 12.7. The monoisotopic (exact) mass is 260 g/mol. The van der Waals surface area contributed by atoms with Gasteiger partial charge < -0.3 is 10.2 Å². The number of benzene rings is 1. The van der Waals surface area contributed by atoms with E-state index in [1.54, 1.807) is 0 Å². The Kier molecular flexibility index (Phi) is 5.26. The van der Waals surface area contributed by atoms with Gasteiger partial charge in [0, 0.05) is 18.3 Å². The predicted octanol–water partition coefficient (Wildman–Crippen LogP) is 3.78. The first-order valence-corrected chi connectivity index (χ1v) is 7.75. The van der Waals surface area contributed by atoms with Crippen molar-refractivity contribution in [3.8, 4) is 0 Å². The van der Waals surface area contributed by atoms with E-state index in [1.165, 1.54) is 50.1 Å². The summed E-state index contributed by atoms with van der Waals surface area (Å²) >= 11 is 0. The zero-order valence-electron chi connectivity index (χ0n) is 12.7. The second-order valence-electron chi connectivity index (χ2n) is 6.17. The highest BCUT2D eigenvalue weighted by Gasteiger charge is 2.18. The molecular weight excluding hydrogens is 232 g/mol. The summed E-state index contributed by atoms with van der Waals surface area (Å²) < 4.78 is 0. The first-order chi connectivity index (χ1) is 9.17. The third kappa shape index (κ3) is 4.54. The lowest BCUT2D eigenvalue weighted by atomic mass is 10.0. The molecule has 0 spiro atoms. The van der Waals surface area contributed by atoms with Crippen LogP contribution < -0.4 is 5.32 Å². The summed E-state index contributed by atoms with van der Waals surface area (Å²) in [4.78, 5) is 2.54. The van der Waals surface area contributed by atoms with Crippen molar-refractivity contribution in [3.63, 3.8) is 0 Å². The van der Waals surface area contributed by atoms with Crippen LogP contribution in [-0.4, -0.2) is 30.6 Å². The highest BCUT2D eigenvalue weighted by Crippen LogP contribution is 2.17. The van der Waals surface area contributed by atoms with Gasteiger partial charge in [0.15, 0.2) is 0 Å². The Labute approximate surface area is 118 Å². The van der Waals surface area contributed by atoms with Crippen LogP contribution in [0.3, 0.4) is 0 Å². The van der Waals surface area contributed by atoms with E-state index in [9.17, 15) is 0 Å². The summed E-state index contributed by atoms with van der Waals surface area (Å²) in [6, 6.07) is 9.63. The zero-order chi connectivity index (χ0) is 13.7. The Hall–Kier alpha value is -1.02. The standard InChI is InChI=1S/C17H28N2/c1-4-19-11-5-6-17(13-19)18-16-9-7-15(8-10-16)12-14(2)3/h7-10,14,17-18H,4-6,11-13H2,1-3H3. The van der Waals surface area contributed by atoms with E-state index >= 15 is 0 Å². The van der Waals surface area contributed by atoms with Gasteiger partial charge in [0.05, 0.1) is 0 Å². The molecule has 1 saturated heterocycles. The van der Waals surface area contributed by atoms with Crippen molar-refractivity contribution in [2.75, 3.05) is 25.0 Å². The maximum atomic E-state index is 3.68. The van der Waals surface area contributed by atoms with Gasteiger partial charge in [-0.15, -0.1) is 0 Å². The quantitative estimate of drug-likeness (QED) is 0.866. The topological polar surface area (TPSA) is 15.3 Å². The molecule has 1 heterocycles. The predicted molar refractivity (Wildman–Crippen MR) is 83.7 cm³/mol. The van der Waals surface area contributed by atoms with E-state index in [0.717, 1.165) is 5.92 Å². The number of nitrogens with one attached hydrogen (secondary N) is 1. The van der Waals surface area contributed by atoms with Crippen LogP contribution in [0.15, 0.2) is 24.3 Å². The molecule has 1 aliphatic rings. The van der Waals surface area contributed by atoms with Crippen LogP contribution in [0.2, 0.25) is 0 Å². The molecule has 0 saturated carbocycles. The van der Waals surface area contributed by atoms with Crippen LogP contribution in [0, 0.1) is 5.92 Å². The average Bonchev–Trinajstić information content (AvgIpc) is 2.41. The SMILES string of the molecule is CCN1CCCC(Nc2ccc(CC(C)C)cc2)C1. The van der Waals surface area contributed by atoms with Crippen LogP contribution in [0.5, 0.6) is 0 Å². The molecule has 1 aromatic carbocycles. The molecular formula is C17H28N2. The van der Waals surface area contributed by atoms with E-state index in [-0.39, 0.29) is 0 Å². The molecule has 2 nitrogen and oxygen atoms in total. The fraction of sp³-hybridized carbons (Fsp3) is 0.647. The van der Waals surface area contributed by atoms with Gasteiger partial charge in [0.1, 0.15) is 0 Å². The highest BCUT2D eigenvalue weighted by molar-refractivity contribution is 5.45. The Morgan fingerprint density at radius 1 is 1.26 bits per heavy atom. The molecule has 0 aromatic heterocycles. The van der Waals surface area contributed by atoms with E-state index in [2.05, 4.69) is 55.3 Å². The molecule has 1 N–H and O–H groups in total. The molecule has 0 radical (unpaired) electrons. The summed E-state index contributed by atoms with van der Waals surface area (Å²) in [6.07, 6.45) is 3.79. The van der Waals surface area contributed by atoms with Gasteiger partial charge in [-0.2, -0.15) is 0 Å². The van der Waals surface area contributed by atoms with E-state index in [0.29, 0.717) is 6.04 Å². The molecule has 0 bridgehead atoms. The number of piperidine rings is 1. The molecule has 1 fully saturated rings. The number of anilines is 1. The molecule has 106 valence electrons. The minimum absolute atomic E-state index is 0.615. The molecule has 2 rings (SSSR count). The summed E-state index contributed by atoms with van der Waals surface area (Å²) in [7, 11) is 0. The number of likely N-dealkylation sites (N-methyl/N-ethyl adjacent to an activating group) is 1. The molecule has 0 amide bonds. The van der Waals surface area contributed by atoms with Crippen LogP contribution in [0.1, 0.15) is 39.2 Å². The van der Waals surface area contributed by atoms with E-state index in [4.69, 9.17) is 0 Å². The summed E-state index contributed by atoms with van der Waals surface area (Å²) in [5, 5.41) is 3.68. The van der Waals surface area contributed by atoms with E-state index < -0.39 is 0 Å². The van der Waals surface area contributed by atoms with Crippen molar-refractivity contribution in [1.29, 1.82) is 0 Å². The summed E-state index contributed by atoms with van der Waals surface area (Å²) in [5.74, 6) is 0.732. The lowest BCUT2D eigenvalue weighted by Crippen LogP contribution is -2.41. The fourth-order valence-electron chi connectivity index (χ4n) is 2.90. The van der Waals surface area contributed by atoms with Crippen molar-refractivity contribution in [2.24, 2.45) is 5.92 Å². The van der Waals surface area contributed by atoms with Gasteiger partial charge in [-0.1, -0.05) is 32.9 Å².